The Hall–Kier alpha value is -3.47. The number of fused-ring (bicyclic) bond motifs is 4. The molecule has 0 aromatic heterocycles. The first-order chi connectivity index (χ1) is 20.4. The number of para-hydroxylation sites is 1. The Balaban J connectivity index is 1.52. The average molecular weight is 688 g/mol. The number of imide groups is 2. The highest BCUT2D eigenvalue weighted by atomic mass is 79.9. The van der Waals surface area contributed by atoms with Crippen molar-refractivity contribution >= 4 is 74.4 Å². The van der Waals surface area contributed by atoms with E-state index in [1.807, 2.05) is 0 Å². The van der Waals surface area contributed by atoms with Crippen molar-refractivity contribution in [1.82, 2.24) is 4.90 Å². The molecule has 6 rings (SSSR count). The fourth-order valence-electron chi connectivity index (χ4n) is 7.30. The molecule has 3 fully saturated rings. The average Bonchev–Trinajstić information content (AvgIpc) is 3.32. The number of anilines is 1. The Morgan fingerprint density at radius 2 is 1.79 bits per heavy atom. The molecule has 0 spiro atoms. The number of carbonyl (C=O) groups is 5. The molecular weight excluding hydrogens is 663 g/mol. The van der Waals surface area contributed by atoms with Crippen molar-refractivity contribution in [2.75, 3.05) is 10.4 Å². The minimum absolute atomic E-state index is 0.0871. The van der Waals surface area contributed by atoms with Crippen LogP contribution in [-0.2, 0) is 25.6 Å². The van der Waals surface area contributed by atoms with Crippen molar-refractivity contribution in [1.29, 1.82) is 0 Å². The van der Waals surface area contributed by atoms with Crippen LogP contribution in [0.25, 0.3) is 0 Å². The van der Waals surface area contributed by atoms with Gasteiger partial charge in [-0.25, -0.2) is 4.79 Å². The molecule has 2 aliphatic heterocycles. The van der Waals surface area contributed by atoms with Crippen LogP contribution in [0.5, 0.6) is 5.75 Å². The van der Waals surface area contributed by atoms with E-state index in [2.05, 4.69) is 22.5 Å². The topological polar surface area (TPSA) is 132 Å². The second-order valence-corrected chi connectivity index (χ2v) is 12.9. The first-order valence-corrected chi connectivity index (χ1v) is 15.4. The van der Waals surface area contributed by atoms with Crippen LogP contribution in [-0.4, -0.2) is 59.9 Å². The summed E-state index contributed by atoms with van der Waals surface area (Å²) in [5.41, 5.74) is 1.21. The normalized spacial score (nSPS) is 31.5. The summed E-state index contributed by atoms with van der Waals surface area (Å²) >= 11 is 17.6. The van der Waals surface area contributed by atoms with Crippen molar-refractivity contribution in [2.45, 2.75) is 34.9 Å². The maximum Gasteiger partial charge on any atom is 0.335 e. The molecule has 0 bridgehead atoms. The number of hydrogen-bond donors (Lipinski definition) is 2. The number of aromatic hydroxyl groups is 1. The zero-order chi connectivity index (χ0) is 31.0. The van der Waals surface area contributed by atoms with Crippen molar-refractivity contribution in [3.8, 4) is 5.75 Å². The SMILES string of the molecule is C=CCc1cccc(C2C3=CCC4C(=O)N(c5cccc(C(=O)O)c5)C(=O)C4C3CC3(Cl)C(=O)N(CBr)C(=O)C23Cl)c1O. The fourth-order valence-corrected chi connectivity index (χ4v) is 8.71. The summed E-state index contributed by atoms with van der Waals surface area (Å²) in [5, 5.41) is 20.9. The van der Waals surface area contributed by atoms with Crippen LogP contribution in [0.1, 0.15) is 40.2 Å². The highest BCUT2D eigenvalue weighted by molar-refractivity contribution is 9.09. The van der Waals surface area contributed by atoms with Gasteiger partial charge in [0.1, 0.15) is 5.75 Å². The number of carboxylic acid groups (broad SMARTS) is 1. The summed E-state index contributed by atoms with van der Waals surface area (Å²) in [4.78, 5) is 65.0. The van der Waals surface area contributed by atoms with Gasteiger partial charge in [0, 0.05) is 11.5 Å². The third-order valence-electron chi connectivity index (χ3n) is 9.19. The monoisotopic (exact) mass is 686 g/mol. The maximum absolute atomic E-state index is 14.1. The third kappa shape index (κ3) is 3.92. The second kappa shape index (κ2) is 10.3. The predicted octanol–water partition coefficient (Wildman–Crippen LogP) is 4.73. The number of benzene rings is 2. The predicted molar refractivity (Wildman–Crippen MR) is 161 cm³/mol. The Morgan fingerprint density at radius 1 is 1.07 bits per heavy atom. The van der Waals surface area contributed by atoms with Crippen molar-refractivity contribution < 1.29 is 34.2 Å². The van der Waals surface area contributed by atoms with E-state index in [0.717, 1.165) is 9.80 Å². The lowest BCUT2D eigenvalue weighted by Gasteiger charge is -2.50. The molecule has 43 heavy (non-hydrogen) atoms. The Morgan fingerprint density at radius 3 is 2.47 bits per heavy atom. The maximum atomic E-state index is 14.1. The van der Waals surface area contributed by atoms with Crippen LogP contribution in [0, 0.1) is 17.8 Å². The van der Waals surface area contributed by atoms with Crippen LogP contribution >= 0.6 is 39.1 Å². The first kappa shape index (κ1) is 29.6. The van der Waals surface area contributed by atoms with Gasteiger partial charge in [0.05, 0.1) is 28.5 Å². The smallest absolute Gasteiger partial charge is 0.335 e. The largest absolute Gasteiger partial charge is 0.507 e. The number of phenolic OH excluding ortho intramolecular Hbond substituents is 1. The van der Waals surface area contributed by atoms with Crippen molar-refractivity contribution in [2.24, 2.45) is 17.8 Å². The standard InChI is InChI=1S/C31H25BrCl2N2O7/c1-2-5-15-6-4-9-20(24(15)37)23-18-10-11-19-22(21(18)13-30(33)28(42)35(14-32)29(43)31(23,30)34)26(39)36(25(19)38)17-8-3-7-16(12-17)27(40)41/h2-4,6-10,12,19,21-23,37H,1,5,11,13-14H2,(H,40,41). The molecule has 2 heterocycles. The van der Waals surface area contributed by atoms with Gasteiger partial charge in [0.2, 0.25) is 11.8 Å². The van der Waals surface area contributed by atoms with E-state index in [1.54, 1.807) is 30.4 Å². The van der Waals surface area contributed by atoms with Gasteiger partial charge in [-0.05, 0) is 48.9 Å². The van der Waals surface area contributed by atoms with Crippen LogP contribution in [0.2, 0.25) is 0 Å². The minimum atomic E-state index is -2.04. The van der Waals surface area contributed by atoms with Gasteiger partial charge in [0.25, 0.3) is 11.8 Å². The zero-order valence-electron chi connectivity index (χ0n) is 22.5. The highest BCUT2D eigenvalue weighted by Gasteiger charge is 2.76. The zero-order valence-corrected chi connectivity index (χ0v) is 25.6. The second-order valence-electron chi connectivity index (χ2n) is 11.2. The minimum Gasteiger partial charge on any atom is -0.507 e. The molecule has 2 aromatic rings. The van der Waals surface area contributed by atoms with E-state index in [0.29, 0.717) is 17.6 Å². The molecule has 222 valence electrons. The lowest BCUT2D eigenvalue weighted by Crippen LogP contribution is -2.60. The summed E-state index contributed by atoms with van der Waals surface area (Å²) in [5.74, 6) is -7.52. The van der Waals surface area contributed by atoms with E-state index < -0.39 is 63.0 Å². The number of rotatable bonds is 6. The van der Waals surface area contributed by atoms with Crippen molar-refractivity contribution in [3.05, 3.63) is 83.5 Å². The van der Waals surface area contributed by atoms with Crippen LogP contribution in [0.4, 0.5) is 5.69 Å². The van der Waals surface area contributed by atoms with E-state index >= 15 is 0 Å². The number of allylic oxidation sites excluding steroid dienone is 3. The summed E-state index contributed by atoms with van der Waals surface area (Å²) in [7, 11) is 0. The van der Waals surface area contributed by atoms with Gasteiger partial charge in [-0.15, -0.1) is 29.8 Å². The molecule has 2 saturated heterocycles. The molecule has 2 aromatic carbocycles. The molecule has 2 N–H and O–H groups in total. The Kier molecular flexibility index (Phi) is 7.10. The molecular formula is C31H25BrCl2N2O7. The molecule has 4 aliphatic rings. The van der Waals surface area contributed by atoms with E-state index in [9.17, 15) is 34.2 Å². The van der Waals surface area contributed by atoms with E-state index in [4.69, 9.17) is 23.2 Å². The summed E-state index contributed by atoms with van der Waals surface area (Å²) in [6, 6.07) is 10.6. The number of nitrogens with zero attached hydrogens (tertiary/aromatic N) is 2. The molecule has 2 aliphatic carbocycles. The number of alkyl halides is 3. The number of phenols is 1. The van der Waals surface area contributed by atoms with Gasteiger partial charge in [-0.1, -0.05) is 57.9 Å². The first-order valence-electron chi connectivity index (χ1n) is 13.5. The molecule has 12 heteroatoms. The van der Waals surface area contributed by atoms with Gasteiger partial charge in [-0.3, -0.25) is 29.0 Å². The lowest BCUT2D eigenvalue weighted by molar-refractivity contribution is -0.138. The van der Waals surface area contributed by atoms with Crippen LogP contribution < -0.4 is 4.90 Å². The molecule has 0 radical (unpaired) electrons. The Bertz CT molecular complexity index is 1680. The molecule has 6 atom stereocenters. The quantitative estimate of drug-likeness (QED) is 0.194. The lowest BCUT2D eigenvalue weighted by atomic mass is 9.56. The van der Waals surface area contributed by atoms with Crippen LogP contribution in [0.3, 0.4) is 0 Å². The summed E-state index contributed by atoms with van der Waals surface area (Å²) < 4.78 is 0. The van der Waals surface area contributed by atoms with Gasteiger partial charge in [0.15, 0.2) is 9.75 Å². The van der Waals surface area contributed by atoms with E-state index in [-0.39, 0.29) is 40.9 Å². The number of halogens is 3. The molecule has 9 nitrogen and oxygen atoms in total. The number of hydrogen-bond acceptors (Lipinski definition) is 6. The number of likely N-dealkylation sites (tertiary alicyclic amines) is 1. The van der Waals surface area contributed by atoms with Gasteiger partial charge in [-0.2, -0.15) is 0 Å². The molecule has 4 amide bonds. The van der Waals surface area contributed by atoms with Crippen LogP contribution in [0.15, 0.2) is 66.8 Å². The fraction of sp³-hybridized carbons (Fsp3) is 0.323. The molecule has 1 saturated carbocycles. The molecule has 6 unspecified atom stereocenters. The number of aromatic carboxylic acids is 1. The summed E-state index contributed by atoms with van der Waals surface area (Å²) in [6.45, 7) is 3.74. The summed E-state index contributed by atoms with van der Waals surface area (Å²) in [6.07, 6.45) is 3.63. The highest BCUT2D eigenvalue weighted by Crippen LogP contribution is 2.66. The Labute approximate surface area is 264 Å². The van der Waals surface area contributed by atoms with Gasteiger partial charge < -0.3 is 10.2 Å². The number of carbonyl (C=O) groups excluding carboxylic acids is 4. The van der Waals surface area contributed by atoms with Gasteiger partial charge >= 0.3 is 5.97 Å². The van der Waals surface area contributed by atoms with E-state index in [1.165, 1.54) is 24.3 Å². The third-order valence-corrected chi connectivity index (χ3v) is 11.1. The number of carboxylic acids is 1. The number of amides is 4. The van der Waals surface area contributed by atoms with Crippen molar-refractivity contribution in [3.63, 3.8) is 0 Å².